The number of ether oxygens (including phenoxy) is 2. The fraction of sp³-hybridized carbons (Fsp3) is 0.0769. The number of hydrazone groups is 1. The average Bonchev–Trinajstić information content (AvgIpc) is 2.83. The van der Waals surface area contributed by atoms with Crippen LogP contribution in [0.5, 0.6) is 17.2 Å². The summed E-state index contributed by atoms with van der Waals surface area (Å²) in [5.74, 6) is 0.569. The van der Waals surface area contributed by atoms with Gasteiger partial charge >= 0.3 is 0 Å². The predicted octanol–water partition coefficient (Wildman–Crippen LogP) is 4.90. The average molecular weight is 426 g/mol. The Bertz CT molecular complexity index is 1270. The molecular weight excluding hydrogens is 404 g/mol. The number of phenolic OH excluding ortho intramolecular Hbond substituents is 1. The lowest BCUT2D eigenvalue weighted by atomic mass is 10.1. The van der Waals surface area contributed by atoms with Crippen LogP contribution in [0.1, 0.15) is 21.5 Å². The maximum Gasteiger partial charge on any atom is 0.275 e. The van der Waals surface area contributed by atoms with Gasteiger partial charge in [0, 0.05) is 0 Å². The summed E-state index contributed by atoms with van der Waals surface area (Å²) in [6, 6.07) is 25.9. The molecule has 4 aromatic carbocycles. The Morgan fingerprint density at radius 1 is 0.938 bits per heavy atom. The van der Waals surface area contributed by atoms with Gasteiger partial charge in [-0.2, -0.15) is 5.10 Å². The second-order valence-corrected chi connectivity index (χ2v) is 7.10. The lowest BCUT2D eigenvalue weighted by molar-refractivity contribution is 0.0952. The summed E-state index contributed by atoms with van der Waals surface area (Å²) < 4.78 is 11.3. The van der Waals surface area contributed by atoms with Crippen LogP contribution in [0.2, 0.25) is 0 Å². The molecule has 0 aliphatic rings. The largest absolute Gasteiger partial charge is 0.507 e. The van der Waals surface area contributed by atoms with Crippen molar-refractivity contribution < 1.29 is 19.4 Å². The minimum atomic E-state index is -0.501. The molecule has 0 unspecified atom stereocenters. The molecule has 32 heavy (non-hydrogen) atoms. The van der Waals surface area contributed by atoms with Gasteiger partial charge in [-0.25, -0.2) is 5.43 Å². The van der Waals surface area contributed by atoms with E-state index in [4.69, 9.17) is 9.47 Å². The Labute approximate surface area is 185 Å². The van der Waals surface area contributed by atoms with E-state index in [9.17, 15) is 9.90 Å². The molecule has 0 bridgehead atoms. The molecule has 0 saturated heterocycles. The van der Waals surface area contributed by atoms with Crippen molar-refractivity contribution in [2.75, 3.05) is 7.11 Å². The van der Waals surface area contributed by atoms with Gasteiger partial charge in [0.25, 0.3) is 5.91 Å². The number of benzene rings is 4. The molecule has 6 heteroatoms. The maximum absolute atomic E-state index is 12.5. The summed E-state index contributed by atoms with van der Waals surface area (Å²) in [6.45, 7) is 0.427. The first kappa shape index (κ1) is 20.9. The number of hydrogen-bond acceptors (Lipinski definition) is 5. The fourth-order valence-electron chi connectivity index (χ4n) is 3.25. The molecule has 0 aromatic heterocycles. The van der Waals surface area contributed by atoms with Gasteiger partial charge in [-0.05, 0) is 52.2 Å². The first-order valence-corrected chi connectivity index (χ1v) is 10.0. The second-order valence-electron chi connectivity index (χ2n) is 7.10. The van der Waals surface area contributed by atoms with Gasteiger partial charge in [0.15, 0.2) is 11.5 Å². The lowest BCUT2D eigenvalue weighted by Gasteiger charge is -2.11. The van der Waals surface area contributed by atoms with Gasteiger partial charge < -0.3 is 14.6 Å². The van der Waals surface area contributed by atoms with Gasteiger partial charge in [0.2, 0.25) is 0 Å². The summed E-state index contributed by atoms with van der Waals surface area (Å²) in [4.78, 5) is 12.5. The van der Waals surface area contributed by atoms with Crippen molar-refractivity contribution in [2.45, 2.75) is 6.61 Å². The number of carbonyl (C=O) groups excluding carboxylic acids is 1. The highest BCUT2D eigenvalue weighted by molar-refractivity contribution is 6.01. The van der Waals surface area contributed by atoms with Crippen LogP contribution in [0, 0.1) is 0 Å². The van der Waals surface area contributed by atoms with E-state index in [1.165, 1.54) is 6.21 Å². The van der Waals surface area contributed by atoms with E-state index in [1.54, 1.807) is 31.4 Å². The van der Waals surface area contributed by atoms with Crippen LogP contribution in [0.25, 0.3) is 10.8 Å². The van der Waals surface area contributed by atoms with Crippen molar-refractivity contribution in [3.05, 3.63) is 102 Å². The quantitative estimate of drug-likeness (QED) is 0.325. The maximum atomic E-state index is 12.5. The van der Waals surface area contributed by atoms with Crippen LogP contribution in [0.4, 0.5) is 0 Å². The monoisotopic (exact) mass is 426 g/mol. The van der Waals surface area contributed by atoms with Crippen LogP contribution in [0.15, 0.2) is 90.0 Å². The molecule has 6 nitrogen and oxygen atoms in total. The Hall–Kier alpha value is -4.32. The molecule has 0 saturated carbocycles. The molecule has 0 atom stereocenters. The molecule has 4 aromatic rings. The summed E-state index contributed by atoms with van der Waals surface area (Å²) in [7, 11) is 1.57. The number of carbonyl (C=O) groups is 1. The topological polar surface area (TPSA) is 80.2 Å². The number of methoxy groups -OCH3 is 1. The zero-order valence-electron chi connectivity index (χ0n) is 17.5. The van der Waals surface area contributed by atoms with Crippen LogP contribution in [0.3, 0.4) is 0 Å². The summed E-state index contributed by atoms with van der Waals surface area (Å²) >= 11 is 0. The Balaban J connectivity index is 1.43. The van der Waals surface area contributed by atoms with Gasteiger partial charge in [-0.3, -0.25) is 4.79 Å². The summed E-state index contributed by atoms with van der Waals surface area (Å²) in [5.41, 5.74) is 4.38. The number of phenols is 1. The number of hydrogen-bond donors (Lipinski definition) is 2. The molecule has 2 N–H and O–H groups in total. The number of fused-ring (bicyclic) bond motifs is 1. The lowest BCUT2D eigenvalue weighted by Crippen LogP contribution is -2.17. The van der Waals surface area contributed by atoms with Crippen LogP contribution < -0.4 is 14.9 Å². The number of aromatic hydroxyl groups is 1. The highest BCUT2D eigenvalue weighted by Crippen LogP contribution is 2.28. The van der Waals surface area contributed by atoms with Crippen molar-refractivity contribution in [2.24, 2.45) is 5.10 Å². The van der Waals surface area contributed by atoms with Crippen molar-refractivity contribution in [3.8, 4) is 17.2 Å². The molecule has 0 fully saturated rings. The standard InChI is InChI=1S/C26H22N2O4/c1-31-25-13-19(11-12-24(25)32-17-18-7-3-2-4-8-18)16-27-28-26(30)22-14-20-9-5-6-10-21(20)15-23(22)29/h2-16,29H,17H2,1H3,(H,28,30). The van der Waals surface area contributed by atoms with Crippen molar-refractivity contribution >= 4 is 22.9 Å². The van der Waals surface area contributed by atoms with Gasteiger partial charge in [-0.1, -0.05) is 54.6 Å². The third-order valence-corrected chi connectivity index (χ3v) is 4.91. The zero-order chi connectivity index (χ0) is 22.3. The SMILES string of the molecule is COc1cc(C=NNC(=O)c2cc3ccccc3cc2O)ccc1OCc1ccccc1. The third kappa shape index (κ3) is 4.87. The van der Waals surface area contributed by atoms with Gasteiger partial charge in [0.1, 0.15) is 12.4 Å². The van der Waals surface area contributed by atoms with E-state index in [1.807, 2.05) is 60.7 Å². The Kier molecular flexibility index (Phi) is 6.32. The minimum absolute atomic E-state index is 0.0991. The Morgan fingerprint density at radius 2 is 1.66 bits per heavy atom. The van der Waals surface area contributed by atoms with E-state index in [2.05, 4.69) is 10.5 Å². The molecule has 0 spiro atoms. The molecular formula is C26H22N2O4. The minimum Gasteiger partial charge on any atom is -0.507 e. The van der Waals surface area contributed by atoms with Gasteiger partial charge in [-0.15, -0.1) is 0 Å². The fourth-order valence-corrected chi connectivity index (χ4v) is 3.25. The second kappa shape index (κ2) is 9.66. The zero-order valence-corrected chi connectivity index (χ0v) is 17.5. The number of nitrogens with one attached hydrogen (secondary N) is 1. The highest BCUT2D eigenvalue weighted by atomic mass is 16.5. The van der Waals surface area contributed by atoms with Crippen LogP contribution >= 0.6 is 0 Å². The van der Waals surface area contributed by atoms with Gasteiger partial charge in [0.05, 0.1) is 18.9 Å². The first-order valence-electron chi connectivity index (χ1n) is 10.0. The molecule has 1 amide bonds. The van der Waals surface area contributed by atoms with Crippen molar-refractivity contribution in [1.82, 2.24) is 5.43 Å². The predicted molar refractivity (Wildman–Crippen MR) is 124 cm³/mol. The molecule has 0 heterocycles. The van der Waals surface area contributed by atoms with E-state index in [-0.39, 0.29) is 11.3 Å². The van der Waals surface area contributed by atoms with Crippen molar-refractivity contribution in [1.29, 1.82) is 0 Å². The van der Waals surface area contributed by atoms with Crippen LogP contribution in [-0.4, -0.2) is 24.3 Å². The van der Waals surface area contributed by atoms with Crippen molar-refractivity contribution in [3.63, 3.8) is 0 Å². The summed E-state index contributed by atoms with van der Waals surface area (Å²) in [6.07, 6.45) is 1.50. The molecule has 160 valence electrons. The highest BCUT2D eigenvalue weighted by Gasteiger charge is 2.12. The number of amides is 1. The smallest absolute Gasteiger partial charge is 0.275 e. The summed E-state index contributed by atoms with van der Waals surface area (Å²) in [5, 5.41) is 15.9. The number of nitrogens with zero attached hydrogens (tertiary/aromatic N) is 1. The molecule has 0 aliphatic carbocycles. The Morgan fingerprint density at radius 3 is 2.41 bits per heavy atom. The molecule has 0 aliphatic heterocycles. The van der Waals surface area contributed by atoms with Crippen LogP contribution in [-0.2, 0) is 6.61 Å². The van der Waals surface area contributed by atoms with E-state index < -0.39 is 5.91 Å². The number of rotatable bonds is 7. The third-order valence-electron chi connectivity index (χ3n) is 4.91. The van der Waals surface area contributed by atoms with E-state index >= 15 is 0 Å². The van der Waals surface area contributed by atoms with E-state index in [0.29, 0.717) is 18.1 Å². The normalized spacial score (nSPS) is 10.9. The molecule has 4 rings (SSSR count). The van der Waals surface area contributed by atoms with E-state index in [0.717, 1.165) is 21.9 Å². The first-order chi connectivity index (χ1) is 15.6. The molecule has 0 radical (unpaired) electrons.